The number of alkyl halides is 2. The number of aromatic nitrogens is 2. The maximum absolute atomic E-state index is 12.7. The molecule has 2 rings (SSSR count). The molecule has 0 spiro atoms. The van der Waals surface area contributed by atoms with Gasteiger partial charge in [-0.1, -0.05) is 33.9 Å². The first-order chi connectivity index (χ1) is 10.0. The Hall–Kier alpha value is -1.28. The molecule has 4 nitrogen and oxygen atoms in total. The number of benzene rings is 1. The lowest BCUT2D eigenvalue weighted by molar-refractivity contribution is 0.141. The Morgan fingerprint density at radius 2 is 2.19 bits per heavy atom. The van der Waals surface area contributed by atoms with E-state index in [1.807, 2.05) is 24.5 Å². The van der Waals surface area contributed by atoms with Crippen LogP contribution in [-0.2, 0) is 13.6 Å². The first kappa shape index (κ1) is 16.1. The van der Waals surface area contributed by atoms with Crippen LogP contribution in [0.4, 0.5) is 20.3 Å². The van der Waals surface area contributed by atoms with Crippen molar-refractivity contribution in [1.29, 1.82) is 0 Å². The van der Waals surface area contributed by atoms with Crippen LogP contribution in [0.1, 0.15) is 17.7 Å². The number of hydrogen-bond donors (Lipinski definition) is 2. The molecule has 21 heavy (non-hydrogen) atoms. The molecule has 2 aromatic rings. The minimum atomic E-state index is -2.53. The molecule has 0 radical (unpaired) electrons. The van der Waals surface area contributed by atoms with Crippen LogP contribution in [0.5, 0.6) is 0 Å². The van der Waals surface area contributed by atoms with Gasteiger partial charge in [0.05, 0.1) is 5.69 Å². The lowest BCUT2D eigenvalue weighted by Crippen LogP contribution is -2.04. The first-order valence-corrected chi connectivity index (χ1v) is 8.17. The second-order valence-corrected chi connectivity index (χ2v) is 5.77. The van der Waals surface area contributed by atoms with Gasteiger partial charge < -0.3 is 10.0 Å². The Labute approximate surface area is 134 Å². The van der Waals surface area contributed by atoms with Crippen LogP contribution in [0.2, 0.25) is 0 Å². The molecule has 0 aliphatic heterocycles. The smallest absolute Gasteiger partial charge is 0.280 e. The number of anilines is 2. The van der Waals surface area contributed by atoms with E-state index in [1.165, 1.54) is 29.7 Å². The molecule has 114 valence electrons. The Morgan fingerprint density at radius 3 is 2.81 bits per heavy atom. The second-order valence-electron chi connectivity index (χ2n) is 4.30. The van der Waals surface area contributed by atoms with E-state index in [0.717, 1.165) is 15.7 Å². The fourth-order valence-electron chi connectivity index (χ4n) is 1.90. The van der Waals surface area contributed by atoms with Crippen molar-refractivity contribution in [2.45, 2.75) is 13.0 Å². The summed E-state index contributed by atoms with van der Waals surface area (Å²) in [6.45, 7) is 0.476. The molecule has 0 atom stereocenters. The predicted molar refractivity (Wildman–Crippen MR) is 86.8 cm³/mol. The Bertz CT molecular complexity index is 618. The highest BCUT2D eigenvalue weighted by atomic mass is 79.9. The maximum Gasteiger partial charge on any atom is 0.280 e. The van der Waals surface area contributed by atoms with Crippen molar-refractivity contribution < 1.29 is 8.78 Å². The molecule has 1 aromatic heterocycles. The molecule has 0 saturated carbocycles. The fraction of sp³-hybridized carbons (Fsp3) is 0.308. The van der Waals surface area contributed by atoms with E-state index in [2.05, 4.69) is 31.1 Å². The van der Waals surface area contributed by atoms with E-state index < -0.39 is 6.43 Å². The van der Waals surface area contributed by atoms with Crippen LogP contribution < -0.4 is 10.0 Å². The van der Waals surface area contributed by atoms with Crippen LogP contribution in [0.3, 0.4) is 0 Å². The van der Waals surface area contributed by atoms with Crippen LogP contribution in [-0.4, -0.2) is 16.0 Å². The molecule has 0 amide bonds. The third-order valence-electron chi connectivity index (χ3n) is 2.92. The van der Waals surface area contributed by atoms with Gasteiger partial charge in [0.15, 0.2) is 0 Å². The summed E-state index contributed by atoms with van der Waals surface area (Å²) in [4.78, 5) is 0. The van der Waals surface area contributed by atoms with Gasteiger partial charge >= 0.3 is 0 Å². The van der Waals surface area contributed by atoms with E-state index >= 15 is 0 Å². The summed E-state index contributed by atoms with van der Waals surface area (Å²) in [5.74, 6) is 0.429. The molecular weight excluding hydrogens is 362 g/mol. The predicted octanol–water partition coefficient (Wildman–Crippen LogP) is 4.42. The van der Waals surface area contributed by atoms with Gasteiger partial charge in [0.1, 0.15) is 11.5 Å². The Balaban J connectivity index is 2.14. The third-order valence-corrected chi connectivity index (χ3v) is 4.08. The average Bonchev–Trinajstić information content (AvgIpc) is 2.80. The van der Waals surface area contributed by atoms with Crippen LogP contribution in [0.15, 0.2) is 28.7 Å². The number of hydrogen-bond acceptors (Lipinski definition) is 4. The molecule has 1 heterocycles. The van der Waals surface area contributed by atoms with Gasteiger partial charge in [-0.15, -0.1) is 0 Å². The summed E-state index contributed by atoms with van der Waals surface area (Å²) in [7, 11) is 1.51. The van der Waals surface area contributed by atoms with E-state index in [9.17, 15) is 8.78 Å². The zero-order valence-corrected chi connectivity index (χ0v) is 13.9. The lowest BCUT2D eigenvalue weighted by Gasteiger charge is -2.12. The number of nitrogens with one attached hydrogen (secondary N) is 2. The first-order valence-electron chi connectivity index (χ1n) is 6.15. The molecular formula is C13H15BrF2N4S. The molecule has 8 heteroatoms. The van der Waals surface area contributed by atoms with Gasteiger partial charge in [-0.25, -0.2) is 8.78 Å². The minimum Gasteiger partial charge on any atom is -0.364 e. The number of halogens is 3. The van der Waals surface area contributed by atoms with Crippen LogP contribution in [0, 0.1) is 0 Å². The fourth-order valence-corrected chi connectivity index (χ4v) is 2.81. The second kappa shape index (κ2) is 7.13. The number of nitrogens with zero attached hydrogens (tertiary/aromatic N) is 2. The maximum atomic E-state index is 12.7. The minimum absolute atomic E-state index is 0.105. The summed E-state index contributed by atoms with van der Waals surface area (Å²) < 4.78 is 30.8. The highest BCUT2D eigenvalue weighted by Gasteiger charge is 2.15. The Kier molecular flexibility index (Phi) is 5.46. The number of rotatable bonds is 6. The van der Waals surface area contributed by atoms with Gasteiger partial charge in [-0.3, -0.25) is 4.68 Å². The summed E-state index contributed by atoms with van der Waals surface area (Å²) in [5, 5.41) is 7.11. The SMILES string of the molecule is CSNc1cccc(Br)c1CNc1cc(C(F)F)n(C)n1. The standard InChI is InChI=1S/C13H15BrF2N4S/c1-20-11(13(15)16)6-12(18-20)17-7-8-9(14)4-3-5-10(8)19-21-2/h3-6,13,19H,7H2,1-2H3,(H,17,18). The quantitative estimate of drug-likeness (QED) is 0.732. The monoisotopic (exact) mass is 376 g/mol. The normalized spacial score (nSPS) is 11.0. The summed E-state index contributed by atoms with van der Waals surface area (Å²) in [6.07, 6.45) is -0.596. The highest BCUT2D eigenvalue weighted by Crippen LogP contribution is 2.28. The molecule has 0 aliphatic rings. The average molecular weight is 377 g/mol. The molecule has 0 unspecified atom stereocenters. The zero-order valence-electron chi connectivity index (χ0n) is 11.5. The van der Waals surface area contributed by atoms with Gasteiger partial charge in [-0.2, -0.15) is 5.10 Å². The summed E-state index contributed by atoms with van der Waals surface area (Å²) in [6, 6.07) is 7.19. The summed E-state index contributed by atoms with van der Waals surface area (Å²) in [5.41, 5.74) is 1.87. The van der Waals surface area contributed by atoms with Crippen LogP contribution >= 0.6 is 27.9 Å². The van der Waals surface area contributed by atoms with Gasteiger partial charge in [0.25, 0.3) is 6.43 Å². The zero-order chi connectivity index (χ0) is 15.4. The van der Waals surface area contributed by atoms with Gasteiger partial charge in [0, 0.05) is 36.0 Å². The topological polar surface area (TPSA) is 41.9 Å². The van der Waals surface area contributed by atoms with Crippen molar-refractivity contribution in [1.82, 2.24) is 9.78 Å². The number of aryl methyl sites for hydroxylation is 1. The Morgan fingerprint density at radius 1 is 1.43 bits per heavy atom. The molecule has 2 N–H and O–H groups in total. The molecule has 0 saturated heterocycles. The van der Waals surface area contributed by atoms with E-state index in [4.69, 9.17) is 0 Å². The molecule has 0 bridgehead atoms. The van der Waals surface area contributed by atoms with Crippen molar-refractivity contribution in [3.63, 3.8) is 0 Å². The van der Waals surface area contributed by atoms with Gasteiger partial charge in [0.2, 0.25) is 0 Å². The van der Waals surface area contributed by atoms with Crippen molar-refractivity contribution in [3.8, 4) is 0 Å². The van der Waals surface area contributed by atoms with Crippen molar-refractivity contribution in [2.24, 2.45) is 7.05 Å². The third kappa shape index (κ3) is 3.88. The van der Waals surface area contributed by atoms with Gasteiger partial charge in [-0.05, 0) is 12.1 Å². The lowest BCUT2D eigenvalue weighted by atomic mass is 10.2. The van der Waals surface area contributed by atoms with E-state index in [-0.39, 0.29) is 5.69 Å². The molecule has 1 aromatic carbocycles. The van der Waals surface area contributed by atoms with E-state index in [1.54, 1.807) is 0 Å². The van der Waals surface area contributed by atoms with Crippen LogP contribution in [0.25, 0.3) is 0 Å². The largest absolute Gasteiger partial charge is 0.364 e. The van der Waals surface area contributed by atoms with Crippen molar-refractivity contribution >= 4 is 39.4 Å². The summed E-state index contributed by atoms with van der Waals surface area (Å²) >= 11 is 4.99. The highest BCUT2D eigenvalue weighted by molar-refractivity contribution is 9.10. The van der Waals surface area contributed by atoms with Crippen molar-refractivity contribution in [3.05, 3.63) is 40.0 Å². The molecule has 0 aliphatic carbocycles. The van der Waals surface area contributed by atoms with Crippen molar-refractivity contribution in [2.75, 3.05) is 16.3 Å². The molecule has 0 fully saturated rings. The van der Waals surface area contributed by atoms with E-state index in [0.29, 0.717) is 12.4 Å².